The van der Waals surface area contributed by atoms with Gasteiger partial charge in [-0.05, 0) is 73.9 Å². The molecule has 236 valence electrons. The number of aryl methyl sites for hydroxylation is 1. The summed E-state index contributed by atoms with van der Waals surface area (Å²) < 4.78 is 13.1. The first-order valence-electron chi connectivity index (χ1n) is 16.2. The highest BCUT2D eigenvalue weighted by Gasteiger charge is 2.43. The lowest BCUT2D eigenvalue weighted by atomic mass is 9.69. The van der Waals surface area contributed by atoms with E-state index in [4.69, 9.17) is 14.5 Å². The fourth-order valence-electron chi connectivity index (χ4n) is 7.52. The van der Waals surface area contributed by atoms with Crippen LogP contribution in [0.3, 0.4) is 0 Å². The molecule has 7 rings (SSSR count). The molecule has 11 heteroatoms. The van der Waals surface area contributed by atoms with Crippen molar-refractivity contribution in [2.24, 2.45) is 5.92 Å². The van der Waals surface area contributed by atoms with Crippen LogP contribution in [0.5, 0.6) is 11.5 Å². The molecule has 0 unspecified atom stereocenters. The van der Waals surface area contributed by atoms with Crippen molar-refractivity contribution in [2.75, 3.05) is 51.8 Å². The first kappa shape index (κ1) is 29.5. The number of methoxy groups -OCH3 is 2. The van der Waals surface area contributed by atoms with Crippen LogP contribution < -0.4 is 19.7 Å². The number of anilines is 1. The Morgan fingerprint density at radius 1 is 1.02 bits per heavy atom. The number of ether oxygens (including phenoxy) is 2. The monoisotopic (exact) mass is 610 g/mol. The second-order valence-electron chi connectivity index (χ2n) is 12.4. The van der Waals surface area contributed by atoms with Gasteiger partial charge in [-0.25, -0.2) is 14.6 Å². The van der Waals surface area contributed by atoms with Gasteiger partial charge in [0.05, 0.1) is 38.0 Å². The van der Waals surface area contributed by atoms with E-state index in [0.29, 0.717) is 19.6 Å². The summed E-state index contributed by atoms with van der Waals surface area (Å²) in [5, 5.41) is 9.39. The molecule has 0 bridgehead atoms. The van der Waals surface area contributed by atoms with Crippen LogP contribution in [0, 0.1) is 5.92 Å². The maximum atomic E-state index is 13.7. The number of hydrogen-bond acceptors (Lipinski definition) is 9. The van der Waals surface area contributed by atoms with E-state index in [0.717, 1.165) is 97.9 Å². The van der Waals surface area contributed by atoms with Crippen molar-refractivity contribution in [1.82, 2.24) is 34.9 Å². The Labute approximate surface area is 264 Å². The number of nitrogens with one attached hydrogen (secondary N) is 1. The first-order chi connectivity index (χ1) is 22.0. The van der Waals surface area contributed by atoms with E-state index in [2.05, 4.69) is 49.2 Å². The number of piperazine rings is 1. The standard InChI is InChI=1S/C34H42N8O3/c1-4-25-6-5-7-26(39-25)21-42-32-27(20-38-42)31(35-22-36-32)40-14-16-41(17-15-40)33(43)23-8-11-34(12-9-23)28-19-30(45-3)29(44-2)18-24(28)10-13-37-34/h5-7,18-20,22-23,37H,4,8-17,21H2,1-3H3. The second-order valence-corrected chi connectivity index (χ2v) is 12.4. The number of carbonyl (C=O) groups excluding carboxylic acids is 1. The van der Waals surface area contributed by atoms with Crippen LogP contribution >= 0.6 is 0 Å². The van der Waals surface area contributed by atoms with Crippen LogP contribution in [-0.4, -0.2) is 82.5 Å². The fraction of sp³-hybridized carbons (Fsp3) is 0.500. The molecule has 1 saturated carbocycles. The number of hydrogen-bond donors (Lipinski definition) is 1. The zero-order valence-corrected chi connectivity index (χ0v) is 26.5. The summed E-state index contributed by atoms with van der Waals surface area (Å²) in [6.45, 7) is 6.43. The van der Waals surface area contributed by atoms with Gasteiger partial charge in [-0.3, -0.25) is 9.78 Å². The van der Waals surface area contributed by atoms with Crippen molar-refractivity contribution in [3.05, 3.63) is 65.4 Å². The second kappa shape index (κ2) is 12.3. The summed E-state index contributed by atoms with van der Waals surface area (Å²) in [5.41, 5.74) is 5.34. The predicted molar refractivity (Wildman–Crippen MR) is 172 cm³/mol. The van der Waals surface area contributed by atoms with Gasteiger partial charge in [0.15, 0.2) is 17.1 Å². The molecular weight excluding hydrogens is 568 g/mol. The average Bonchev–Trinajstić information content (AvgIpc) is 3.50. The minimum Gasteiger partial charge on any atom is -0.493 e. The Morgan fingerprint density at radius 3 is 2.53 bits per heavy atom. The minimum absolute atomic E-state index is 0.0540. The maximum Gasteiger partial charge on any atom is 0.225 e. The van der Waals surface area contributed by atoms with Gasteiger partial charge in [-0.1, -0.05) is 13.0 Å². The molecule has 0 atom stereocenters. The van der Waals surface area contributed by atoms with Crippen molar-refractivity contribution in [3.8, 4) is 11.5 Å². The first-order valence-corrected chi connectivity index (χ1v) is 16.2. The van der Waals surface area contributed by atoms with Crippen molar-refractivity contribution in [3.63, 3.8) is 0 Å². The molecule has 1 saturated heterocycles. The molecule has 45 heavy (non-hydrogen) atoms. The van der Waals surface area contributed by atoms with Crippen LogP contribution in [0.1, 0.15) is 55.1 Å². The highest BCUT2D eigenvalue weighted by Crippen LogP contribution is 2.46. The molecule has 1 aromatic carbocycles. The smallest absolute Gasteiger partial charge is 0.225 e. The summed E-state index contributed by atoms with van der Waals surface area (Å²) in [7, 11) is 3.38. The highest BCUT2D eigenvalue weighted by molar-refractivity contribution is 5.87. The molecule has 1 spiro atoms. The lowest BCUT2D eigenvalue weighted by Gasteiger charge is -2.46. The Bertz CT molecular complexity index is 1690. The van der Waals surface area contributed by atoms with Crippen molar-refractivity contribution >= 4 is 22.8 Å². The molecule has 1 aliphatic carbocycles. The summed E-state index contributed by atoms with van der Waals surface area (Å²) in [4.78, 5) is 32.0. The highest BCUT2D eigenvalue weighted by atomic mass is 16.5. The van der Waals surface area contributed by atoms with E-state index in [1.807, 2.05) is 29.1 Å². The SMILES string of the molecule is CCc1cccc(Cn2ncc3c(N4CCN(C(=O)C5CCC6(CC5)NCCc5cc(OC)c(OC)cc56)CC4)ncnc32)n1. The van der Waals surface area contributed by atoms with Crippen molar-refractivity contribution < 1.29 is 14.3 Å². The third-order valence-electron chi connectivity index (χ3n) is 10.0. The Morgan fingerprint density at radius 2 is 1.78 bits per heavy atom. The maximum absolute atomic E-state index is 13.7. The number of benzene rings is 1. The molecule has 3 aromatic heterocycles. The van der Waals surface area contributed by atoms with Crippen LogP contribution in [-0.2, 0) is 29.7 Å². The number of pyridine rings is 1. The van der Waals surface area contributed by atoms with Gasteiger partial charge in [0.1, 0.15) is 12.1 Å². The van der Waals surface area contributed by atoms with E-state index >= 15 is 0 Å². The molecule has 3 aliphatic rings. The van der Waals surface area contributed by atoms with Gasteiger partial charge in [-0.15, -0.1) is 0 Å². The predicted octanol–water partition coefficient (Wildman–Crippen LogP) is 3.73. The largest absolute Gasteiger partial charge is 0.493 e. The van der Waals surface area contributed by atoms with Gasteiger partial charge in [-0.2, -0.15) is 5.10 Å². The Kier molecular flexibility index (Phi) is 8.03. The topological polar surface area (TPSA) is 111 Å². The van der Waals surface area contributed by atoms with Gasteiger partial charge in [0.25, 0.3) is 0 Å². The lowest BCUT2D eigenvalue weighted by Crippen LogP contribution is -2.53. The molecule has 5 heterocycles. The van der Waals surface area contributed by atoms with E-state index in [1.54, 1.807) is 20.5 Å². The molecule has 1 N–H and O–H groups in total. The quantitative estimate of drug-likeness (QED) is 0.335. The number of amides is 1. The van der Waals surface area contributed by atoms with Crippen molar-refractivity contribution in [1.29, 1.82) is 0 Å². The average molecular weight is 611 g/mol. The number of rotatable bonds is 7. The Balaban J connectivity index is 0.992. The van der Waals surface area contributed by atoms with E-state index < -0.39 is 0 Å². The van der Waals surface area contributed by atoms with Crippen molar-refractivity contribution in [2.45, 2.75) is 57.5 Å². The normalized spacial score (nSPS) is 21.6. The molecule has 4 aromatic rings. The van der Waals surface area contributed by atoms with E-state index in [-0.39, 0.29) is 17.4 Å². The van der Waals surface area contributed by atoms with Gasteiger partial charge < -0.3 is 24.6 Å². The van der Waals surface area contributed by atoms with Gasteiger partial charge in [0, 0.05) is 49.9 Å². The number of nitrogens with zero attached hydrogens (tertiary/aromatic N) is 7. The molecule has 2 aliphatic heterocycles. The third-order valence-corrected chi connectivity index (χ3v) is 10.0. The molecule has 1 amide bonds. The third kappa shape index (κ3) is 5.47. The Hall–Kier alpha value is -4.25. The van der Waals surface area contributed by atoms with Crippen LogP contribution in [0.4, 0.5) is 5.82 Å². The summed E-state index contributed by atoms with van der Waals surface area (Å²) in [6, 6.07) is 10.4. The van der Waals surface area contributed by atoms with E-state index in [9.17, 15) is 4.79 Å². The molecular formula is C34H42N8O3. The zero-order chi connectivity index (χ0) is 31.0. The molecule has 2 fully saturated rings. The van der Waals surface area contributed by atoms with Crippen LogP contribution in [0.15, 0.2) is 42.9 Å². The molecule has 0 radical (unpaired) electrons. The zero-order valence-electron chi connectivity index (χ0n) is 26.5. The number of aromatic nitrogens is 5. The van der Waals surface area contributed by atoms with E-state index in [1.165, 1.54) is 11.1 Å². The van der Waals surface area contributed by atoms with Crippen LogP contribution in [0.2, 0.25) is 0 Å². The van der Waals surface area contributed by atoms with Gasteiger partial charge >= 0.3 is 0 Å². The number of fused-ring (bicyclic) bond motifs is 3. The van der Waals surface area contributed by atoms with Gasteiger partial charge in [0.2, 0.25) is 5.91 Å². The summed E-state index contributed by atoms with van der Waals surface area (Å²) in [6.07, 6.45) is 8.96. The minimum atomic E-state index is -0.111. The van der Waals surface area contributed by atoms with Crippen LogP contribution in [0.25, 0.3) is 11.0 Å². The lowest BCUT2D eigenvalue weighted by molar-refractivity contribution is -0.137. The fourth-order valence-corrected chi connectivity index (χ4v) is 7.52. The summed E-state index contributed by atoms with van der Waals surface area (Å²) in [5.74, 6) is 2.77. The number of carbonyl (C=O) groups is 1. The summed E-state index contributed by atoms with van der Waals surface area (Å²) >= 11 is 0. The molecule has 11 nitrogen and oxygen atoms in total.